The summed E-state index contributed by atoms with van der Waals surface area (Å²) >= 11 is 1.37. The number of hydrogen-bond acceptors (Lipinski definition) is 15. The molecule has 1 amide bonds. The second-order valence-corrected chi connectivity index (χ2v) is 19.1. The van der Waals surface area contributed by atoms with Crippen LogP contribution in [0.1, 0.15) is 93.1 Å². The zero-order valence-corrected chi connectivity index (χ0v) is 38.8. The van der Waals surface area contributed by atoms with Crippen molar-refractivity contribution in [2.24, 2.45) is 16.7 Å². The Kier molecular flexibility index (Phi) is 14.0. The molecule has 1 heterocycles. The van der Waals surface area contributed by atoms with Crippen LogP contribution in [0, 0.1) is 16.7 Å². The maximum atomic E-state index is 16.0. The van der Waals surface area contributed by atoms with Crippen LogP contribution in [0.3, 0.4) is 0 Å². The Morgan fingerprint density at radius 2 is 1.44 bits per heavy atom. The molecule has 4 aliphatic rings. The van der Waals surface area contributed by atoms with Gasteiger partial charge in [0.25, 0.3) is 5.91 Å². The van der Waals surface area contributed by atoms with E-state index in [0.717, 1.165) is 6.92 Å². The minimum Gasteiger partial charge on any atom is -0.456 e. The van der Waals surface area contributed by atoms with Crippen LogP contribution in [0.4, 0.5) is 0 Å². The standard InChI is InChI=1S/C50H57NO14S/c1-28-34(63-46(58)41(54)40(31-17-11-8-12-18-31)51-44(56)32-19-13-9-14-20-32)25-50(59)38(64-45(57)33-21-15-10-16-22-33)23-35-48(6,43(55)42(62-29(2)52)39(28)47(50,4)5)36(61-27-66-7)24-37-49(35,26-60-37)65-30(3)53/h8-22,34-38,40-42,54,59H,23-27H2,1-7H3,(H,51,56)/t34-,35-,36-,37+,38-,40-,41+,42+,48-,49+,50+/m0/s1. The number of benzene rings is 3. The van der Waals surface area contributed by atoms with E-state index in [-0.39, 0.29) is 47.7 Å². The van der Waals surface area contributed by atoms with Crippen LogP contribution in [0.5, 0.6) is 0 Å². The van der Waals surface area contributed by atoms with Crippen LogP contribution >= 0.6 is 11.8 Å². The van der Waals surface area contributed by atoms with Gasteiger partial charge in [-0.3, -0.25) is 19.2 Å². The first-order valence-corrected chi connectivity index (χ1v) is 23.3. The highest BCUT2D eigenvalue weighted by atomic mass is 32.2. The Morgan fingerprint density at radius 3 is 2.00 bits per heavy atom. The van der Waals surface area contributed by atoms with Gasteiger partial charge in [0.15, 0.2) is 23.6 Å². The molecule has 2 bridgehead atoms. The number of ether oxygens (including phenoxy) is 6. The Bertz CT molecular complexity index is 2360. The second kappa shape index (κ2) is 19.1. The van der Waals surface area contributed by atoms with E-state index in [1.807, 2.05) is 6.26 Å². The van der Waals surface area contributed by atoms with Crippen molar-refractivity contribution in [3.8, 4) is 0 Å². The minimum atomic E-state index is -2.25. The number of aliphatic hydroxyl groups is 2. The zero-order valence-electron chi connectivity index (χ0n) is 38.0. The predicted octanol–water partition coefficient (Wildman–Crippen LogP) is 5.47. The monoisotopic (exact) mass is 927 g/mol. The number of carbonyl (C=O) groups excluding carboxylic acids is 6. The summed E-state index contributed by atoms with van der Waals surface area (Å²) < 4.78 is 37.4. The number of nitrogens with one attached hydrogen (secondary N) is 1. The number of carbonyl (C=O) groups is 6. The lowest BCUT2D eigenvalue weighted by Crippen LogP contribution is -2.76. The topological polar surface area (TPSA) is 210 Å². The largest absolute Gasteiger partial charge is 0.456 e. The molecule has 0 radical (unpaired) electrons. The van der Waals surface area contributed by atoms with E-state index in [9.17, 15) is 34.2 Å². The van der Waals surface area contributed by atoms with Crippen LogP contribution in [-0.4, -0.2) is 112 Å². The fourth-order valence-corrected chi connectivity index (χ4v) is 11.0. The third-order valence-electron chi connectivity index (χ3n) is 14.2. The number of hydrogen-bond donors (Lipinski definition) is 3. The summed E-state index contributed by atoms with van der Waals surface area (Å²) in [6.45, 7) is 8.74. The van der Waals surface area contributed by atoms with Crippen LogP contribution in [0.15, 0.2) is 102 Å². The number of esters is 4. The predicted molar refractivity (Wildman–Crippen MR) is 240 cm³/mol. The summed E-state index contributed by atoms with van der Waals surface area (Å²) in [5.74, 6) is -5.68. The number of aliphatic hydroxyl groups excluding tert-OH is 1. The van der Waals surface area contributed by atoms with Crippen molar-refractivity contribution in [2.45, 2.75) is 115 Å². The maximum absolute atomic E-state index is 16.0. The number of fused-ring (bicyclic) bond motifs is 5. The third-order valence-corrected chi connectivity index (χ3v) is 14.6. The van der Waals surface area contributed by atoms with Gasteiger partial charge in [-0.15, -0.1) is 11.8 Å². The van der Waals surface area contributed by atoms with Gasteiger partial charge in [-0.2, -0.15) is 0 Å². The molecule has 3 N–H and O–H groups in total. The van der Waals surface area contributed by atoms with Crippen molar-refractivity contribution in [2.75, 3.05) is 18.8 Å². The van der Waals surface area contributed by atoms with Crippen molar-refractivity contribution in [1.29, 1.82) is 0 Å². The smallest absolute Gasteiger partial charge is 0.338 e. The number of amides is 1. The van der Waals surface area contributed by atoms with Gasteiger partial charge >= 0.3 is 23.9 Å². The number of rotatable bonds is 13. The van der Waals surface area contributed by atoms with Crippen LogP contribution in [-0.2, 0) is 47.6 Å². The van der Waals surface area contributed by atoms with E-state index in [4.69, 9.17) is 28.4 Å². The first-order chi connectivity index (χ1) is 31.3. The molecule has 16 heteroatoms. The first kappa shape index (κ1) is 48.5. The lowest BCUT2D eigenvalue weighted by atomic mass is 9.52. The molecule has 3 aromatic rings. The summed E-state index contributed by atoms with van der Waals surface area (Å²) in [7, 11) is 0. The molecule has 2 saturated carbocycles. The molecule has 3 aliphatic carbocycles. The SMILES string of the molecule is CSCO[C@H]1C[C@H]2OC[C@@]2(OC(C)=O)[C@H]2C[C@H](OC(=O)c3ccccc3)[C@]3(O)C[C@H](OC(=O)[C@H](O)[C@@H](NC(=O)c4ccccc4)c4ccccc4)C(C)=C([C@@H](OC(C)=O)C(=O)[C@]12C)C3(C)C. The molecule has 0 aromatic heterocycles. The molecule has 0 unspecified atom stereocenters. The van der Waals surface area contributed by atoms with Gasteiger partial charge in [-0.25, -0.2) is 9.59 Å². The van der Waals surface area contributed by atoms with Crippen molar-refractivity contribution >= 4 is 47.3 Å². The molecule has 7 rings (SSSR count). The summed E-state index contributed by atoms with van der Waals surface area (Å²) in [5, 5.41) is 28.3. The Hall–Kier alpha value is -5.39. The third kappa shape index (κ3) is 8.69. The lowest BCUT2D eigenvalue weighted by molar-refractivity contribution is -0.325. The second-order valence-electron chi connectivity index (χ2n) is 18.3. The average molecular weight is 928 g/mol. The molecule has 11 atom stereocenters. The van der Waals surface area contributed by atoms with Gasteiger partial charge in [0.1, 0.15) is 23.9 Å². The molecule has 352 valence electrons. The van der Waals surface area contributed by atoms with Crippen LogP contribution < -0.4 is 5.32 Å². The quantitative estimate of drug-likeness (QED) is 0.0840. The molecule has 66 heavy (non-hydrogen) atoms. The highest BCUT2D eigenvalue weighted by molar-refractivity contribution is 7.98. The molecule has 1 saturated heterocycles. The van der Waals surface area contributed by atoms with E-state index in [1.54, 1.807) is 119 Å². The molecular weight excluding hydrogens is 871 g/mol. The summed E-state index contributed by atoms with van der Waals surface area (Å²) in [6.07, 6.45) is -7.28. The van der Waals surface area contributed by atoms with Gasteiger partial charge in [-0.1, -0.05) is 80.6 Å². The Morgan fingerprint density at radius 1 is 0.833 bits per heavy atom. The van der Waals surface area contributed by atoms with Crippen LogP contribution in [0.25, 0.3) is 0 Å². The highest BCUT2D eigenvalue weighted by Crippen LogP contribution is 2.62. The van der Waals surface area contributed by atoms with Gasteiger partial charge in [0, 0.05) is 43.6 Å². The molecule has 3 fully saturated rings. The Labute approximate surface area is 387 Å². The fourth-order valence-electron chi connectivity index (χ4n) is 10.7. The summed E-state index contributed by atoms with van der Waals surface area (Å²) in [5.41, 5.74) is -5.91. The van der Waals surface area contributed by atoms with Crippen molar-refractivity contribution in [3.05, 3.63) is 119 Å². The van der Waals surface area contributed by atoms with E-state index >= 15 is 4.79 Å². The van der Waals surface area contributed by atoms with E-state index in [2.05, 4.69) is 5.32 Å². The first-order valence-electron chi connectivity index (χ1n) is 21.9. The molecular formula is C50H57NO14S. The zero-order chi connectivity index (χ0) is 47.8. The number of thioether (sulfide) groups is 1. The number of Topliss-reactive ketones (excluding diaryl/α,β-unsaturated/α-hetero) is 1. The van der Waals surface area contributed by atoms with E-state index in [0.29, 0.717) is 5.56 Å². The molecule has 1 aliphatic heterocycles. The minimum absolute atomic E-state index is 0.0699. The molecule has 0 spiro atoms. The fraction of sp³-hybridized carbons (Fsp3) is 0.480. The van der Waals surface area contributed by atoms with Crippen LogP contribution in [0.2, 0.25) is 0 Å². The summed E-state index contributed by atoms with van der Waals surface area (Å²) in [6, 6.07) is 23.4. The maximum Gasteiger partial charge on any atom is 0.338 e. The van der Waals surface area contributed by atoms with Crippen molar-refractivity contribution < 1.29 is 67.4 Å². The Balaban J connectivity index is 1.39. The van der Waals surface area contributed by atoms with Gasteiger partial charge in [-0.05, 0) is 67.5 Å². The van der Waals surface area contributed by atoms with E-state index in [1.165, 1.54) is 18.7 Å². The lowest BCUT2D eigenvalue weighted by Gasteiger charge is -2.63. The van der Waals surface area contributed by atoms with E-state index < -0.39 is 113 Å². The number of ketones is 1. The normalized spacial score (nSPS) is 30.8. The van der Waals surface area contributed by atoms with Crippen molar-refractivity contribution in [3.63, 3.8) is 0 Å². The highest BCUT2D eigenvalue weighted by Gasteiger charge is 2.74. The molecule has 3 aromatic carbocycles. The van der Waals surface area contributed by atoms with Gasteiger partial charge < -0.3 is 44.0 Å². The van der Waals surface area contributed by atoms with Gasteiger partial charge in [0.2, 0.25) is 0 Å². The van der Waals surface area contributed by atoms with Crippen molar-refractivity contribution in [1.82, 2.24) is 5.32 Å². The average Bonchev–Trinajstić information content (AvgIpc) is 3.29. The summed E-state index contributed by atoms with van der Waals surface area (Å²) in [4.78, 5) is 84.5. The molecule has 15 nitrogen and oxygen atoms in total. The van der Waals surface area contributed by atoms with Gasteiger partial charge in [0.05, 0.1) is 35.7 Å².